The number of likely N-dealkylation sites (tertiary alicyclic amines) is 1. The van der Waals surface area contributed by atoms with Crippen LogP contribution in [0.2, 0.25) is 0 Å². The first-order valence-corrected chi connectivity index (χ1v) is 6.77. The summed E-state index contributed by atoms with van der Waals surface area (Å²) >= 11 is 0. The summed E-state index contributed by atoms with van der Waals surface area (Å²) in [7, 11) is 0. The molecule has 2 rings (SSSR count). The Morgan fingerprint density at radius 1 is 1.47 bits per heavy atom. The van der Waals surface area contributed by atoms with Crippen LogP contribution in [0.25, 0.3) is 0 Å². The van der Waals surface area contributed by atoms with Crippen LogP contribution in [0.5, 0.6) is 0 Å². The minimum absolute atomic E-state index is 0.155. The highest BCUT2D eigenvalue weighted by atomic mass is 16.6. The van der Waals surface area contributed by atoms with Crippen molar-refractivity contribution < 1.29 is 4.92 Å². The molecule has 2 unspecified atom stereocenters. The van der Waals surface area contributed by atoms with Crippen molar-refractivity contribution in [1.82, 2.24) is 4.90 Å². The Morgan fingerprint density at radius 3 is 2.68 bits per heavy atom. The van der Waals surface area contributed by atoms with E-state index in [0.29, 0.717) is 5.92 Å². The Kier molecular flexibility index (Phi) is 4.50. The molecule has 0 bridgehead atoms. The highest BCUT2D eigenvalue weighted by Gasteiger charge is 2.24. The van der Waals surface area contributed by atoms with Crippen molar-refractivity contribution in [3.05, 3.63) is 39.9 Å². The van der Waals surface area contributed by atoms with Gasteiger partial charge in [-0.2, -0.15) is 0 Å². The number of hydrogen-bond donors (Lipinski definition) is 1. The van der Waals surface area contributed by atoms with Crippen molar-refractivity contribution in [3.63, 3.8) is 0 Å². The maximum Gasteiger partial charge on any atom is 0.269 e. The molecule has 0 aromatic heterocycles. The van der Waals surface area contributed by atoms with Crippen LogP contribution in [0.15, 0.2) is 24.3 Å². The fourth-order valence-electron chi connectivity index (χ4n) is 2.57. The van der Waals surface area contributed by atoms with E-state index in [1.165, 1.54) is 6.42 Å². The van der Waals surface area contributed by atoms with Crippen molar-refractivity contribution in [3.8, 4) is 0 Å². The van der Waals surface area contributed by atoms with Gasteiger partial charge in [-0.05, 0) is 37.8 Å². The van der Waals surface area contributed by atoms with Crippen LogP contribution in [0.3, 0.4) is 0 Å². The van der Waals surface area contributed by atoms with Crippen molar-refractivity contribution in [2.75, 3.05) is 19.6 Å². The van der Waals surface area contributed by atoms with Gasteiger partial charge in [0.05, 0.1) is 4.92 Å². The number of rotatable bonds is 5. The van der Waals surface area contributed by atoms with Gasteiger partial charge in [-0.25, -0.2) is 0 Å². The molecule has 1 aliphatic heterocycles. The highest BCUT2D eigenvalue weighted by Crippen LogP contribution is 2.19. The second-order valence-electron chi connectivity index (χ2n) is 5.38. The Labute approximate surface area is 113 Å². The van der Waals surface area contributed by atoms with E-state index in [-0.39, 0.29) is 16.7 Å². The Morgan fingerprint density at radius 2 is 2.16 bits per heavy atom. The van der Waals surface area contributed by atoms with E-state index in [9.17, 15) is 10.1 Å². The van der Waals surface area contributed by atoms with Gasteiger partial charge in [-0.1, -0.05) is 12.1 Å². The number of nitro groups is 1. The summed E-state index contributed by atoms with van der Waals surface area (Å²) in [6.07, 6.45) is 2.11. The zero-order chi connectivity index (χ0) is 13.8. The topological polar surface area (TPSA) is 72.4 Å². The lowest BCUT2D eigenvalue weighted by Crippen LogP contribution is -2.30. The molecule has 0 radical (unpaired) electrons. The molecule has 1 aliphatic rings. The molecule has 1 saturated heterocycles. The second kappa shape index (κ2) is 6.12. The summed E-state index contributed by atoms with van der Waals surface area (Å²) in [5, 5.41) is 10.6. The molecular weight excluding hydrogens is 242 g/mol. The van der Waals surface area contributed by atoms with Crippen molar-refractivity contribution in [2.24, 2.45) is 11.7 Å². The monoisotopic (exact) mass is 263 g/mol. The minimum Gasteiger partial charge on any atom is -0.328 e. The minimum atomic E-state index is -0.364. The largest absolute Gasteiger partial charge is 0.328 e. The van der Waals surface area contributed by atoms with Crippen LogP contribution in [-0.2, 0) is 6.42 Å². The predicted octanol–water partition coefficient (Wildman–Crippen LogP) is 1.81. The van der Waals surface area contributed by atoms with Gasteiger partial charge in [0, 0.05) is 31.3 Å². The molecule has 104 valence electrons. The van der Waals surface area contributed by atoms with E-state index in [4.69, 9.17) is 5.73 Å². The second-order valence-corrected chi connectivity index (χ2v) is 5.38. The number of non-ortho nitro benzene ring substituents is 1. The van der Waals surface area contributed by atoms with Gasteiger partial charge < -0.3 is 10.6 Å². The van der Waals surface area contributed by atoms with E-state index >= 15 is 0 Å². The van der Waals surface area contributed by atoms with Gasteiger partial charge in [0.15, 0.2) is 0 Å². The van der Waals surface area contributed by atoms with E-state index in [2.05, 4.69) is 11.8 Å². The normalized spacial score (nSPS) is 21.5. The summed E-state index contributed by atoms with van der Waals surface area (Å²) in [5.74, 6) is 0.608. The van der Waals surface area contributed by atoms with Crippen LogP contribution in [-0.4, -0.2) is 35.5 Å². The molecule has 1 aromatic carbocycles. The number of nitrogens with two attached hydrogens (primary N) is 1. The molecule has 5 heteroatoms. The predicted molar refractivity (Wildman–Crippen MR) is 75.0 cm³/mol. The first kappa shape index (κ1) is 14.0. The fraction of sp³-hybridized carbons (Fsp3) is 0.571. The van der Waals surface area contributed by atoms with Gasteiger partial charge >= 0.3 is 0 Å². The van der Waals surface area contributed by atoms with Crippen LogP contribution in [0.1, 0.15) is 18.9 Å². The number of hydrogen-bond acceptors (Lipinski definition) is 4. The highest BCUT2D eigenvalue weighted by molar-refractivity contribution is 5.32. The first-order valence-electron chi connectivity index (χ1n) is 6.77. The van der Waals surface area contributed by atoms with E-state index < -0.39 is 0 Å². The number of nitro benzene ring substituents is 1. The molecule has 0 aliphatic carbocycles. The maximum absolute atomic E-state index is 10.6. The van der Waals surface area contributed by atoms with Crippen molar-refractivity contribution in [2.45, 2.75) is 25.8 Å². The summed E-state index contributed by atoms with van der Waals surface area (Å²) in [6.45, 7) is 5.26. The molecule has 0 amide bonds. The lowest BCUT2D eigenvalue weighted by molar-refractivity contribution is -0.384. The van der Waals surface area contributed by atoms with E-state index in [0.717, 1.165) is 31.6 Å². The molecule has 2 atom stereocenters. The van der Waals surface area contributed by atoms with Gasteiger partial charge in [0.2, 0.25) is 0 Å². The van der Waals surface area contributed by atoms with Crippen molar-refractivity contribution >= 4 is 5.69 Å². The Bertz CT molecular complexity index is 431. The smallest absolute Gasteiger partial charge is 0.269 e. The van der Waals surface area contributed by atoms with Gasteiger partial charge in [0.1, 0.15) is 0 Å². The molecule has 1 aromatic rings. The molecule has 1 fully saturated rings. The first-order chi connectivity index (χ1) is 9.06. The summed E-state index contributed by atoms with van der Waals surface area (Å²) in [6, 6.07) is 7.10. The Hall–Kier alpha value is -1.46. The zero-order valence-electron chi connectivity index (χ0n) is 11.3. The third-order valence-corrected chi connectivity index (χ3v) is 3.92. The third-order valence-electron chi connectivity index (χ3n) is 3.92. The summed E-state index contributed by atoms with van der Waals surface area (Å²) in [4.78, 5) is 12.6. The van der Waals surface area contributed by atoms with E-state index in [1.807, 2.05) is 12.1 Å². The number of benzene rings is 1. The molecular formula is C14H21N3O2. The van der Waals surface area contributed by atoms with E-state index in [1.54, 1.807) is 12.1 Å². The van der Waals surface area contributed by atoms with Gasteiger partial charge in [-0.15, -0.1) is 0 Å². The number of nitrogens with zero attached hydrogens (tertiary/aromatic N) is 2. The quantitative estimate of drug-likeness (QED) is 0.649. The fourth-order valence-corrected chi connectivity index (χ4v) is 2.57. The average molecular weight is 263 g/mol. The lowest BCUT2D eigenvalue weighted by atomic mass is 10.0. The molecule has 2 N–H and O–H groups in total. The SMILES string of the molecule is CC(N)C1CCN(CCc2ccc([N+](=O)[O-])cc2)C1. The van der Waals surface area contributed by atoms with Crippen LogP contribution in [0.4, 0.5) is 5.69 Å². The maximum atomic E-state index is 10.6. The van der Waals surface area contributed by atoms with Gasteiger partial charge in [-0.3, -0.25) is 10.1 Å². The van der Waals surface area contributed by atoms with Crippen LogP contribution in [0, 0.1) is 16.0 Å². The lowest BCUT2D eigenvalue weighted by Gasteiger charge is -2.17. The molecule has 5 nitrogen and oxygen atoms in total. The Balaban J connectivity index is 1.81. The summed E-state index contributed by atoms with van der Waals surface area (Å²) in [5.41, 5.74) is 7.22. The summed E-state index contributed by atoms with van der Waals surface area (Å²) < 4.78 is 0. The van der Waals surface area contributed by atoms with Crippen LogP contribution < -0.4 is 5.73 Å². The van der Waals surface area contributed by atoms with Crippen molar-refractivity contribution in [1.29, 1.82) is 0 Å². The molecule has 0 spiro atoms. The molecule has 19 heavy (non-hydrogen) atoms. The van der Waals surface area contributed by atoms with Crippen LogP contribution >= 0.6 is 0 Å². The molecule has 1 heterocycles. The molecule has 0 saturated carbocycles. The standard InChI is InChI=1S/C14H21N3O2/c1-11(15)13-7-9-16(10-13)8-6-12-2-4-14(5-3-12)17(18)19/h2-5,11,13H,6-10,15H2,1H3. The average Bonchev–Trinajstić information content (AvgIpc) is 2.86. The van der Waals surface area contributed by atoms with Gasteiger partial charge in [0.25, 0.3) is 5.69 Å². The third kappa shape index (κ3) is 3.75. The zero-order valence-corrected chi connectivity index (χ0v) is 11.3.